The van der Waals surface area contributed by atoms with Gasteiger partial charge in [-0.1, -0.05) is 6.92 Å². The first-order valence-electron chi connectivity index (χ1n) is 5.80. The van der Waals surface area contributed by atoms with Crippen LogP contribution >= 0.6 is 28.6 Å². The zero-order valence-electron chi connectivity index (χ0n) is 10.4. The molecule has 1 atom stereocenters. The van der Waals surface area contributed by atoms with E-state index < -0.39 is 0 Å². The predicted molar refractivity (Wildman–Crippen MR) is 77.9 cm³/mol. The molecule has 0 aliphatic heterocycles. The van der Waals surface area contributed by atoms with Crippen LogP contribution < -0.4 is 0 Å². The van der Waals surface area contributed by atoms with Crippen LogP contribution in [0, 0.1) is 0 Å². The smallest absolute Gasteiger partial charge is 0.255 e. The third-order valence-corrected chi connectivity index (χ3v) is 3.87. The van der Waals surface area contributed by atoms with Gasteiger partial charge in [-0.2, -0.15) is 0 Å². The highest BCUT2D eigenvalue weighted by Crippen LogP contribution is 2.22. The van der Waals surface area contributed by atoms with E-state index >= 15 is 0 Å². The van der Waals surface area contributed by atoms with E-state index in [0.717, 1.165) is 22.3 Å². The Kier molecular flexibility index (Phi) is 5.53. The highest BCUT2D eigenvalue weighted by molar-refractivity contribution is 9.10. The van der Waals surface area contributed by atoms with Crippen molar-refractivity contribution >= 4 is 34.5 Å². The molecule has 1 aromatic carbocycles. The summed E-state index contributed by atoms with van der Waals surface area (Å²) < 4.78 is 0.821. The summed E-state index contributed by atoms with van der Waals surface area (Å²) in [6, 6.07) is 5.78. The van der Waals surface area contributed by atoms with Crippen molar-refractivity contribution in [3.63, 3.8) is 0 Å². The van der Waals surface area contributed by atoms with Crippen LogP contribution in [0.4, 0.5) is 0 Å². The van der Waals surface area contributed by atoms with Crippen LogP contribution in [-0.4, -0.2) is 23.4 Å². The van der Waals surface area contributed by atoms with E-state index in [9.17, 15) is 4.79 Å². The maximum absolute atomic E-state index is 12.4. The van der Waals surface area contributed by atoms with E-state index in [1.54, 1.807) is 6.07 Å². The first-order chi connectivity index (χ1) is 8.01. The summed E-state index contributed by atoms with van der Waals surface area (Å²) in [5.74, 6) is 0.0598. The first-order valence-corrected chi connectivity index (χ1v) is 7.04. The molecule has 0 heterocycles. The molecule has 0 saturated heterocycles. The largest absolute Gasteiger partial charge is 0.336 e. The molecule has 1 rings (SSSR count). The van der Waals surface area contributed by atoms with E-state index in [2.05, 4.69) is 42.4 Å². The molecule has 4 heteroatoms. The first kappa shape index (κ1) is 14.6. The van der Waals surface area contributed by atoms with Gasteiger partial charge in [-0.05, 0) is 54.4 Å². The predicted octanol–water partition coefficient (Wildman–Crippen LogP) is 4.00. The normalized spacial score (nSPS) is 12.3. The Morgan fingerprint density at radius 1 is 1.47 bits per heavy atom. The number of carbonyl (C=O) groups is 1. The summed E-state index contributed by atoms with van der Waals surface area (Å²) in [7, 11) is 0. The number of hydrogen-bond acceptors (Lipinski definition) is 2. The number of rotatable bonds is 4. The minimum Gasteiger partial charge on any atom is -0.336 e. The molecule has 0 aromatic heterocycles. The number of halogens is 1. The van der Waals surface area contributed by atoms with Gasteiger partial charge in [-0.15, -0.1) is 12.6 Å². The molecule has 0 radical (unpaired) electrons. The molecule has 94 valence electrons. The van der Waals surface area contributed by atoms with Crippen LogP contribution in [-0.2, 0) is 0 Å². The summed E-state index contributed by atoms with van der Waals surface area (Å²) in [5.41, 5.74) is 0.680. The highest BCUT2D eigenvalue weighted by atomic mass is 79.9. The van der Waals surface area contributed by atoms with Crippen molar-refractivity contribution in [1.29, 1.82) is 0 Å². The number of hydrogen-bond donors (Lipinski definition) is 1. The second kappa shape index (κ2) is 6.45. The number of thiol groups is 1. The Morgan fingerprint density at radius 3 is 2.65 bits per heavy atom. The van der Waals surface area contributed by atoms with Crippen LogP contribution in [0.25, 0.3) is 0 Å². The molecule has 0 spiro atoms. The Hall–Kier alpha value is -0.480. The standard InChI is InChI=1S/C13H18BrNOS/c1-4-9(3)15(5-2)13(16)11-8-10(17)6-7-12(11)14/h6-9,17H,4-5H2,1-3H3. The number of benzene rings is 1. The molecular weight excluding hydrogens is 298 g/mol. The minimum atomic E-state index is 0.0598. The van der Waals surface area contributed by atoms with Gasteiger partial charge in [0.1, 0.15) is 0 Å². The highest BCUT2D eigenvalue weighted by Gasteiger charge is 2.20. The van der Waals surface area contributed by atoms with Crippen LogP contribution in [0.5, 0.6) is 0 Å². The molecule has 17 heavy (non-hydrogen) atoms. The van der Waals surface area contributed by atoms with Gasteiger partial charge < -0.3 is 4.90 Å². The van der Waals surface area contributed by atoms with Crippen LogP contribution in [0.2, 0.25) is 0 Å². The van der Waals surface area contributed by atoms with Crippen LogP contribution in [0.3, 0.4) is 0 Å². The third-order valence-electron chi connectivity index (χ3n) is 2.90. The lowest BCUT2D eigenvalue weighted by molar-refractivity contribution is 0.0698. The number of carbonyl (C=O) groups excluding carboxylic acids is 1. The Morgan fingerprint density at radius 2 is 2.12 bits per heavy atom. The minimum absolute atomic E-state index is 0.0598. The molecular formula is C13H18BrNOS. The molecule has 1 aromatic rings. The zero-order valence-corrected chi connectivity index (χ0v) is 12.9. The fourth-order valence-electron chi connectivity index (χ4n) is 1.71. The molecule has 0 bridgehead atoms. The summed E-state index contributed by atoms with van der Waals surface area (Å²) >= 11 is 7.69. The molecule has 1 amide bonds. The van der Waals surface area contributed by atoms with Crippen LogP contribution in [0.1, 0.15) is 37.6 Å². The van der Waals surface area contributed by atoms with Gasteiger partial charge in [0, 0.05) is 22.0 Å². The second-order valence-electron chi connectivity index (χ2n) is 4.01. The molecule has 0 fully saturated rings. The zero-order chi connectivity index (χ0) is 13.0. The quantitative estimate of drug-likeness (QED) is 0.833. The third kappa shape index (κ3) is 3.49. The van der Waals surface area contributed by atoms with Crippen molar-refractivity contribution in [3.05, 3.63) is 28.2 Å². The average Bonchev–Trinajstić information content (AvgIpc) is 2.32. The summed E-state index contributed by atoms with van der Waals surface area (Å²) in [5, 5.41) is 0. The molecule has 1 unspecified atom stereocenters. The Balaban J connectivity index is 3.05. The van der Waals surface area contributed by atoms with Crippen molar-refractivity contribution in [2.45, 2.75) is 38.1 Å². The maximum atomic E-state index is 12.4. The Bertz CT molecular complexity index is 408. The molecule has 0 N–H and O–H groups in total. The number of amides is 1. The van der Waals surface area contributed by atoms with Gasteiger partial charge in [0.2, 0.25) is 0 Å². The van der Waals surface area contributed by atoms with Crippen molar-refractivity contribution < 1.29 is 4.79 Å². The van der Waals surface area contributed by atoms with Gasteiger partial charge in [0.05, 0.1) is 5.56 Å². The average molecular weight is 316 g/mol. The molecule has 0 saturated carbocycles. The second-order valence-corrected chi connectivity index (χ2v) is 5.38. The maximum Gasteiger partial charge on any atom is 0.255 e. The van der Waals surface area contributed by atoms with Crippen molar-refractivity contribution in [1.82, 2.24) is 4.90 Å². The Labute approximate surface area is 117 Å². The summed E-state index contributed by atoms with van der Waals surface area (Å²) in [6.45, 7) is 6.88. The monoisotopic (exact) mass is 315 g/mol. The molecule has 0 aliphatic rings. The lowest BCUT2D eigenvalue weighted by Gasteiger charge is -2.27. The van der Waals surface area contributed by atoms with Crippen LogP contribution in [0.15, 0.2) is 27.6 Å². The lowest BCUT2D eigenvalue weighted by Crippen LogP contribution is -2.38. The molecule has 2 nitrogen and oxygen atoms in total. The van der Waals surface area contributed by atoms with Gasteiger partial charge in [0.25, 0.3) is 5.91 Å². The van der Waals surface area contributed by atoms with Gasteiger partial charge >= 0.3 is 0 Å². The SMILES string of the molecule is CCC(C)N(CC)C(=O)c1cc(S)ccc1Br. The van der Waals surface area contributed by atoms with E-state index in [1.165, 1.54) is 0 Å². The van der Waals surface area contributed by atoms with Crippen molar-refractivity contribution in [2.75, 3.05) is 6.54 Å². The van der Waals surface area contributed by atoms with E-state index in [-0.39, 0.29) is 11.9 Å². The summed E-state index contributed by atoms with van der Waals surface area (Å²) in [6.07, 6.45) is 0.956. The number of nitrogens with zero attached hydrogens (tertiary/aromatic N) is 1. The van der Waals surface area contributed by atoms with Gasteiger partial charge in [-0.25, -0.2) is 0 Å². The topological polar surface area (TPSA) is 20.3 Å². The van der Waals surface area contributed by atoms with Gasteiger partial charge in [-0.3, -0.25) is 4.79 Å². The van der Waals surface area contributed by atoms with Gasteiger partial charge in [0.15, 0.2) is 0 Å². The lowest BCUT2D eigenvalue weighted by atomic mass is 10.1. The van der Waals surface area contributed by atoms with Crippen molar-refractivity contribution in [3.8, 4) is 0 Å². The fraction of sp³-hybridized carbons (Fsp3) is 0.462. The summed E-state index contributed by atoms with van der Waals surface area (Å²) in [4.78, 5) is 15.1. The van der Waals surface area contributed by atoms with E-state index in [1.807, 2.05) is 24.0 Å². The molecule has 0 aliphatic carbocycles. The van der Waals surface area contributed by atoms with E-state index in [0.29, 0.717) is 5.56 Å². The van der Waals surface area contributed by atoms with Crippen molar-refractivity contribution in [2.24, 2.45) is 0 Å². The van der Waals surface area contributed by atoms with E-state index in [4.69, 9.17) is 0 Å². The fourth-order valence-corrected chi connectivity index (χ4v) is 2.33.